The van der Waals surface area contributed by atoms with Gasteiger partial charge in [0.1, 0.15) is 12.1 Å². The average molecular weight is 433 g/mol. The van der Waals surface area contributed by atoms with E-state index >= 15 is 0 Å². The van der Waals surface area contributed by atoms with Gasteiger partial charge in [-0.3, -0.25) is 9.79 Å². The highest BCUT2D eigenvalue weighted by molar-refractivity contribution is 14.0. The molecule has 0 unspecified atom stereocenters. The second-order valence-corrected chi connectivity index (χ2v) is 6.27. The molecular weight excluding hydrogens is 405 g/mol. The Morgan fingerprint density at radius 2 is 1.91 bits per heavy atom. The molecule has 0 aliphatic rings. The molecule has 5 nitrogen and oxygen atoms in total. The van der Waals surface area contributed by atoms with E-state index in [2.05, 4.69) is 29.4 Å². The molecule has 0 radical (unpaired) electrons. The zero-order valence-electron chi connectivity index (χ0n) is 14.8. The molecule has 1 rings (SSSR count). The first-order valence-corrected chi connectivity index (χ1v) is 7.41. The van der Waals surface area contributed by atoms with Gasteiger partial charge in [0.05, 0.1) is 0 Å². The summed E-state index contributed by atoms with van der Waals surface area (Å²) in [7, 11) is 3.64. The van der Waals surface area contributed by atoms with E-state index in [1.54, 1.807) is 7.05 Å². The normalized spacial score (nSPS) is 11.5. The van der Waals surface area contributed by atoms with Crippen LogP contribution in [0.1, 0.15) is 31.9 Å². The molecule has 1 aromatic rings. The summed E-state index contributed by atoms with van der Waals surface area (Å²) >= 11 is 0. The van der Waals surface area contributed by atoms with Gasteiger partial charge in [0.25, 0.3) is 0 Å². The monoisotopic (exact) mass is 433 g/mol. The van der Waals surface area contributed by atoms with Gasteiger partial charge < -0.3 is 15.0 Å². The van der Waals surface area contributed by atoms with Crippen molar-refractivity contribution in [1.29, 1.82) is 0 Å². The average Bonchev–Trinajstić information content (AvgIpc) is 2.40. The molecule has 0 bridgehead atoms. The Labute approximate surface area is 156 Å². The van der Waals surface area contributed by atoms with Crippen molar-refractivity contribution in [3.63, 3.8) is 0 Å². The maximum atomic E-state index is 11.8. The molecule has 1 aromatic carbocycles. The number of nitrogens with one attached hydrogen (secondary N) is 1. The molecule has 0 spiro atoms. The molecule has 0 amide bonds. The molecule has 23 heavy (non-hydrogen) atoms. The minimum atomic E-state index is -0.477. The highest BCUT2D eigenvalue weighted by Crippen LogP contribution is 2.09. The van der Waals surface area contributed by atoms with E-state index in [4.69, 9.17) is 4.74 Å². The summed E-state index contributed by atoms with van der Waals surface area (Å²) in [6.07, 6.45) is 0. The lowest BCUT2D eigenvalue weighted by Crippen LogP contribution is -2.42. The van der Waals surface area contributed by atoms with Crippen LogP contribution in [0, 0.1) is 6.92 Å². The number of benzene rings is 1. The van der Waals surface area contributed by atoms with Crippen molar-refractivity contribution >= 4 is 35.9 Å². The van der Waals surface area contributed by atoms with Gasteiger partial charge in [-0.15, -0.1) is 24.0 Å². The summed E-state index contributed by atoms with van der Waals surface area (Å²) in [6, 6.07) is 8.22. The van der Waals surface area contributed by atoms with Gasteiger partial charge in [-0.05, 0) is 38.8 Å². The fraction of sp³-hybridized carbons (Fsp3) is 0.529. The third-order valence-corrected chi connectivity index (χ3v) is 3.05. The molecule has 6 heteroatoms. The van der Waals surface area contributed by atoms with Gasteiger partial charge >= 0.3 is 5.97 Å². The quantitative estimate of drug-likeness (QED) is 0.344. The van der Waals surface area contributed by atoms with Crippen molar-refractivity contribution in [2.75, 3.05) is 20.6 Å². The SMILES string of the molecule is CN=C(NCC(=O)OC(C)(C)C)N(C)Cc1ccccc1C.I. The summed E-state index contributed by atoms with van der Waals surface area (Å²) < 4.78 is 5.27. The number of halogens is 1. The Morgan fingerprint density at radius 3 is 2.43 bits per heavy atom. The lowest BCUT2D eigenvalue weighted by molar-refractivity contribution is -0.153. The zero-order valence-corrected chi connectivity index (χ0v) is 17.2. The highest BCUT2D eigenvalue weighted by atomic mass is 127. The van der Waals surface area contributed by atoms with Crippen molar-refractivity contribution in [1.82, 2.24) is 10.2 Å². The van der Waals surface area contributed by atoms with Crippen LogP contribution in [0.4, 0.5) is 0 Å². The number of aryl methyl sites for hydroxylation is 1. The molecule has 1 N–H and O–H groups in total. The zero-order chi connectivity index (χ0) is 16.8. The van der Waals surface area contributed by atoms with Crippen molar-refractivity contribution in [3.05, 3.63) is 35.4 Å². The van der Waals surface area contributed by atoms with Crippen LogP contribution in [0.3, 0.4) is 0 Å². The Morgan fingerprint density at radius 1 is 1.30 bits per heavy atom. The predicted octanol–water partition coefficient (Wildman–Crippen LogP) is 2.96. The van der Waals surface area contributed by atoms with Crippen molar-refractivity contribution in [2.45, 2.75) is 39.8 Å². The minimum Gasteiger partial charge on any atom is -0.459 e. The smallest absolute Gasteiger partial charge is 0.325 e. The maximum Gasteiger partial charge on any atom is 0.325 e. The second-order valence-electron chi connectivity index (χ2n) is 6.27. The minimum absolute atomic E-state index is 0. The van der Waals surface area contributed by atoms with E-state index in [1.165, 1.54) is 11.1 Å². The van der Waals surface area contributed by atoms with Gasteiger partial charge in [-0.1, -0.05) is 24.3 Å². The predicted molar refractivity (Wildman–Crippen MR) is 105 cm³/mol. The maximum absolute atomic E-state index is 11.8. The molecule has 0 fully saturated rings. The number of rotatable bonds is 4. The van der Waals surface area contributed by atoms with Gasteiger partial charge in [-0.2, -0.15) is 0 Å². The molecule has 0 saturated carbocycles. The Hall–Kier alpha value is -1.31. The van der Waals surface area contributed by atoms with Gasteiger partial charge in [0.2, 0.25) is 0 Å². The summed E-state index contributed by atoms with van der Waals surface area (Å²) in [4.78, 5) is 17.9. The van der Waals surface area contributed by atoms with E-state index < -0.39 is 5.60 Å². The van der Waals surface area contributed by atoms with E-state index in [0.717, 1.165) is 6.54 Å². The molecule has 0 aliphatic carbocycles. The number of hydrogen-bond acceptors (Lipinski definition) is 3. The lowest BCUT2D eigenvalue weighted by atomic mass is 10.1. The van der Waals surface area contributed by atoms with E-state index in [-0.39, 0.29) is 36.5 Å². The lowest BCUT2D eigenvalue weighted by Gasteiger charge is -2.24. The van der Waals surface area contributed by atoms with Crippen LogP contribution in [0.15, 0.2) is 29.3 Å². The number of aliphatic imine (C=N–C) groups is 1. The fourth-order valence-electron chi connectivity index (χ4n) is 2.03. The number of guanidine groups is 1. The third kappa shape index (κ3) is 8.20. The van der Waals surface area contributed by atoms with Crippen LogP contribution < -0.4 is 5.32 Å². The summed E-state index contributed by atoms with van der Waals surface area (Å²) in [6.45, 7) is 8.46. The van der Waals surface area contributed by atoms with E-state index in [1.807, 2.05) is 44.9 Å². The summed E-state index contributed by atoms with van der Waals surface area (Å²) in [5.41, 5.74) is 1.98. The molecule has 0 saturated heterocycles. The molecule has 0 aromatic heterocycles. The van der Waals surface area contributed by atoms with Crippen LogP contribution in [-0.4, -0.2) is 43.1 Å². The first-order chi connectivity index (χ1) is 10.2. The molecular formula is C17H28IN3O2. The largest absolute Gasteiger partial charge is 0.459 e. The topological polar surface area (TPSA) is 53.9 Å². The Kier molecular flexibility index (Phi) is 9.19. The number of carbonyl (C=O) groups is 1. The van der Waals surface area contributed by atoms with Crippen LogP contribution >= 0.6 is 24.0 Å². The fourth-order valence-corrected chi connectivity index (χ4v) is 2.03. The number of hydrogen-bond donors (Lipinski definition) is 1. The first kappa shape index (κ1) is 21.7. The molecule has 130 valence electrons. The van der Waals surface area contributed by atoms with E-state index in [9.17, 15) is 4.79 Å². The van der Waals surface area contributed by atoms with E-state index in [0.29, 0.717) is 5.96 Å². The highest BCUT2D eigenvalue weighted by Gasteiger charge is 2.17. The summed E-state index contributed by atoms with van der Waals surface area (Å²) in [5, 5.41) is 3.03. The second kappa shape index (κ2) is 9.75. The van der Waals surface area contributed by atoms with Gasteiger partial charge in [0, 0.05) is 20.6 Å². The van der Waals surface area contributed by atoms with Crippen molar-refractivity contribution < 1.29 is 9.53 Å². The number of esters is 1. The van der Waals surface area contributed by atoms with Crippen LogP contribution in [0.2, 0.25) is 0 Å². The number of nitrogens with zero attached hydrogens (tertiary/aromatic N) is 2. The summed E-state index contributed by atoms with van der Waals surface area (Å²) in [5.74, 6) is 0.368. The third-order valence-electron chi connectivity index (χ3n) is 3.05. The van der Waals surface area contributed by atoms with Crippen LogP contribution in [0.5, 0.6) is 0 Å². The van der Waals surface area contributed by atoms with Crippen LogP contribution in [0.25, 0.3) is 0 Å². The van der Waals surface area contributed by atoms with Gasteiger partial charge in [0.15, 0.2) is 5.96 Å². The number of ether oxygens (including phenoxy) is 1. The number of carbonyl (C=O) groups excluding carboxylic acids is 1. The van der Waals surface area contributed by atoms with Crippen molar-refractivity contribution in [3.8, 4) is 0 Å². The van der Waals surface area contributed by atoms with Gasteiger partial charge in [-0.25, -0.2) is 0 Å². The molecule has 0 aliphatic heterocycles. The Balaban J connectivity index is 0.00000484. The van der Waals surface area contributed by atoms with Crippen LogP contribution in [-0.2, 0) is 16.1 Å². The standard InChI is InChI=1S/C17H27N3O2.HI/c1-13-9-7-8-10-14(13)12-20(6)16(18-5)19-11-15(21)22-17(2,3)4;/h7-10H,11-12H2,1-6H3,(H,18,19);1H. The Bertz CT molecular complexity index is 539. The molecule has 0 heterocycles. The van der Waals surface area contributed by atoms with Crippen molar-refractivity contribution in [2.24, 2.45) is 4.99 Å². The first-order valence-electron chi connectivity index (χ1n) is 7.41. The molecule has 0 atom stereocenters.